The highest BCUT2D eigenvalue weighted by Gasteiger charge is 2.42. The van der Waals surface area contributed by atoms with Crippen LogP contribution in [0.3, 0.4) is 0 Å². The lowest BCUT2D eigenvalue weighted by Gasteiger charge is -2.36. The maximum Gasteiger partial charge on any atom is 0.257 e. The second kappa shape index (κ2) is 7.91. The van der Waals surface area contributed by atoms with Gasteiger partial charge in [-0.3, -0.25) is 14.6 Å². The summed E-state index contributed by atoms with van der Waals surface area (Å²) in [4.78, 5) is 37.7. The first-order chi connectivity index (χ1) is 14.7. The summed E-state index contributed by atoms with van der Waals surface area (Å²) in [5.74, 6) is 0.634. The first-order valence-electron chi connectivity index (χ1n) is 9.91. The fourth-order valence-corrected chi connectivity index (χ4v) is 5.01. The van der Waals surface area contributed by atoms with Crippen molar-refractivity contribution in [2.45, 2.75) is 29.7 Å². The van der Waals surface area contributed by atoms with Gasteiger partial charge in [0.15, 0.2) is 5.16 Å². The molecule has 1 aliphatic carbocycles. The number of anilines is 1. The molecule has 6 nitrogen and oxygen atoms in total. The highest BCUT2D eigenvalue weighted by Crippen LogP contribution is 2.44. The average molecular weight is 417 g/mol. The van der Waals surface area contributed by atoms with Crippen molar-refractivity contribution in [3.63, 3.8) is 0 Å². The van der Waals surface area contributed by atoms with Crippen LogP contribution in [0, 0.1) is 5.92 Å². The Hall–Kier alpha value is -3.19. The minimum atomic E-state index is -0.389. The predicted molar refractivity (Wildman–Crippen MR) is 116 cm³/mol. The molecule has 3 aromatic rings. The van der Waals surface area contributed by atoms with Crippen molar-refractivity contribution in [3.05, 3.63) is 93.7 Å². The van der Waals surface area contributed by atoms with E-state index in [-0.39, 0.29) is 23.2 Å². The molecule has 1 aromatic carbocycles. The molecule has 0 saturated heterocycles. The Morgan fingerprint density at radius 2 is 1.83 bits per heavy atom. The number of benzene rings is 1. The number of hydrogen-bond donors (Lipinski definition) is 2. The first-order valence-corrected chi connectivity index (χ1v) is 10.9. The topological polar surface area (TPSA) is 87.7 Å². The summed E-state index contributed by atoms with van der Waals surface area (Å²) in [6.45, 7) is 0. The van der Waals surface area contributed by atoms with Crippen LogP contribution >= 0.6 is 11.8 Å². The number of pyridine rings is 1. The molecule has 2 atom stereocenters. The number of nitrogens with one attached hydrogen (secondary N) is 2. The molecule has 0 radical (unpaired) electrons. The van der Waals surface area contributed by atoms with Crippen molar-refractivity contribution < 1.29 is 4.79 Å². The number of aromatic nitrogens is 3. The van der Waals surface area contributed by atoms with Gasteiger partial charge in [0.05, 0.1) is 11.5 Å². The number of Topliss-reactive ketones (excluding diaryl/α,β-unsaturated/α-hetero) is 1. The van der Waals surface area contributed by atoms with Gasteiger partial charge < -0.3 is 10.3 Å². The Morgan fingerprint density at radius 3 is 2.63 bits per heavy atom. The number of ketones is 1. The van der Waals surface area contributed by atoms with Crippen molar-refractivity contribution >= 4 is 23.4 Å². The predicted octanol–water partition coefficient (Wildman–Crippen LogP) is 3.88. The molecule has 0 fully saturated rings. The summed E-state index contributed by atoms with van der Waals surface area (Å²) in [7, 11) is 0. The standard InChI is InChI=1S/C23H20N4O2S/c28-17-8-4-7-16-19(17)18(15-9-11-24-12-10-15)20-21(25-16)26-23(27-22(20)29)30-13-14-5-2-1-3-6-14/h1-3,5-7,9-12,18-19H,4,8,13H2,(H2,25,26,27,29)/t18-,19-/m1/s1. The third-order valence-corrected chi connectivity index (χ3v) is 6.51. The number of carbonyl (C=O) groups is 1. The van der Waals surface area contributed by atoms with E-state index < -0.39 is 0 Å². The second-order valence-corrected chi connectivity index (χ2v) is 8.40. The molecule has 150 valence electrons. The van der Waals surface area contributed by atoms with Crippen LogP contribution in [0.15, 0.2) is 76.6 Å². The highest BCUT2D eigenvalue weighted by molar-refractivity contribution is 7.98. The lowest BCUT2D eigenvalue weighted by molar-refractivity contribution is -0.122. The van der Waals surface area contributed by atoms with Crippen molar-refractivity contribution in [1.82, 2.24) is 15.0 Å². The van der Waals surface area contributed by atoms with Gasteiger partial charge in [0.25, 0.3) is 5.56 Å². The van der Waals surface area contributed by atoms with Crippen LogP contribution in [0.5, 0.6) is 0 Å². The van der Waals surface area contributed by atoms with Crippen molar-refractivity contribution in [2.24, 2.45) is 5.92 Å². The Kier molecular flexibility index (Phi) is 4.96. The van der Waals surface area contributed by atoms with Gasteiger partial charge in [0, 0.05) is 36.2 Å². The zero-order chi connectivity index (χ0) is 20.5. The average Bonchev–Trinajstić information content (AvgIpc) is 2.78. The highest BCUT2D eigenvalue weighted by atomic mass is 32.2. The summed E-state index contributed by atoms with van der Waals surface area (Å²) >= 11 is 1.48. The molecular formula is C23H20N4O2S. The van der Waals surface area contributed by atoms with Crippen LogP contribution < -0.4 is 10.9 Å². The Bertz CT molecular complexity index is 1170. The summed E-state index contributed by atoms with van der Waals surface area (Å²) in [5, 5.41) is 3.85. The van der Waals surface area contributed by atoms with Gasteiger partial charge in [-0.2, -0.15) is 0 Å². The van der Waals surface area contributed by atoms with Gasteiger partial charge in [-0.15, -0.1) is 0 Å². The number of carbonyl (C=O) groups excluding carboxylic acids is 1. The largest absolute Gasteiger partial charge is 0.343 e. The molecule has 7 heteroatoms. The van der Waals surface area contributed by atoms with E-state index >= 15 is 0 Å². The zero-order valence-electron chi connectivity index (χ0n) is 16.2. The van der Waals surface area contributed by atoms with E-state index in [0.29, 0.717) is 35.1 Å². The first kappa shape index (κ1) is 18.8. The molecule has 0 amide bonds. The van der Waals surface area contributed by atoms with Crippen LogP contribution in [0.2, 0.25) is 0 Å². The lowest BCUT2D eigenvalue weighted by atomic mass is 9.72. The molecular weight excluding hydrogens is 396 g/mol. The SMILES string of the molecule is O=C1CCC=C2Nc3nc(SCc4ccccc4)[nH]c(=O)c3[C@H](c3ccncc3)[C@@H]12. The number of H-pyrrole nitrogens is 1. The van der Waals surface area contributed by atoms with E-state index in [1.807, 2.05) is 42.5 Å². The molecule has 0 bridgehead atoms. The number of hydrogen-bond acceptors (Lipinski definition) is 6. The maximum absolute atomic E-state index is 13.2. The Balaban J connectivity index is 1.57. The molecule has 2 aliphatic rings. The molecule has 0 spiro atoms. The lowest BCUT2D eigenvalue weighted by Crippen LogP contribution is -2.38. The van der Waals surface area contributed by atoms with Crippen LogP contribution in [0.1, 0.15) is 35.4 Å². The Labute approximate surface area is 177 Å². The molecule has 1 aliphatic heterocycles. The number of thioether (sulfide) groups is 1. The summed E-state index contributed by atoms with van der Waals surface area (Å²) < 4.78 is 0. The van der Waals surface area contributed by atoms with Crippen molar-refractivity contribution in [3.8, 4) is 0 Å². The van der Waals surface area contributed by atoms with E-state index in [1.54, 1.807) is 12.4 Å². The third-order valence-electron chi connectivity index (χ3n) is 5.56. The van der Waals surface area contributed by atoms with Gasteiger partial charge in [0.1, 0.15) is 11.6 Å². The van der Waals surface area contributed by atoms with E-state index in [2.05, 4.69) is 21.4 Å². The number of aromatic amines is 1. The molecule has 3 heterocycles. The fraction of sp³-hybridized carbons (Fsp3) is 0.217. The fourth-order valence-electron chi connectivity index (χ4n) is 4.19. The summed E-state index contributed by atoms with van der Waals surface area (Å²) in [5.41, 5.74) is 3.21. The number of fused-ring (bicyclic) bond motifs is 2. The number of allylic oxidation sites excluding steroid dienone is 2. The number of rotatable bonds is 4. The van der Waals surface area contributed by atoms with E-state index in [9.17, 15) is 9.59 Å². The van der Waals surface area contributed by atoms with Gasteiger partial charge in [-0.05, 0) is 29.7 Å². The molecule has 30 heavy (non-hydrogen) atoms. The monoisotopic (exact) mass is 416 g/mol. The van der Waals surface area contributed by atoms with Gasteiger partial charge in [0.2, 0.25) is 0 Å². The Morgan fingerprint density at radius 1 is 1.03 bits per heavy atom. The minimum absolute atomic E-state index is 0.148. The molecule has 0 saturated carbocycles. The molecule has 2 N–H and O–H groups in total. The normalized spacial score (nSPS) is 20.0. The van der Waals surface area contributed by atoms with Crippen LogP contribution in [0.4, 0.5) is 5.82 Å². The quantitative estimate of drug-likeness (QED) is 0.496. The van der Waals surface area contributed by atoms with Crippen LogP contribution in [0.25, 0.3) is 0 Å². The van der Waals surface area contributed by atoms with Crippen molar-refractivity contribution in [2.75, 3.05) is 5.32 Å². The van der Waals surface area contributed by atoms with Crippen LogP contribution in [-0.2, 0) is 10.5 Å². The second-order valence-electron chi connectivity index (χ2n) is 7.43. The molecule has 0 unspecified atom stereocenters. The zero-order valence-corrected chi connectivity index (χ0v) is 17.0. The summed E-state index contributed by atoms with van der Waals surface area (Å²) in [6.07, 6.45) is 6.64. The van der Waals surface area contributed by atoms with E-state index in [0.717, 1.165) is 16.8 Å². The van der Waals surface area contributed by atoms with Crippen molar-refractivity contribution in [1.29, 1.82) is 0 Å². The number of nitrogens with zero attached hydrogens (tertiary/aromatic N) is 2. The van der Waals surface area contributed by atoms with E-state index in [1.165, 1.54) is 11.8 Å². The minimum Gasteiger partial charge on any atom is -0.343 e. The van der Waals surface area contributed by atoms with Gasteiger partial charge >= 0.3 is 0 Å². The molecule has 2 aromatic heterocycles. The summed E-state index contributed by atoms with van der Waals surface area (Å²) in [6, 6.07) is 13.8. The van der Waals surface area contributed by atoms with Gasteiger partial charge in [-0.1, -0.05) is 48.2 Å². The third kappa shape index (κ3) is 3.45. The maximum atomic E-state index is 13.2. The molecule has 5 rings (SSSR count). The smallest absolute Gasteiger partial charge is 0.257 e. The van der Waals surface area contributed by atoms with Crippen LogP contribution in [-0.4, -0.2) is 20.7 Å². The van der Waals surface area contributed by atoms with E-state index in [4.69, 9.17) is 4.98 Å². The van der Waals surface area contributed by atoms with Gasteiger partial charge in [-0.25, -0.2) is 4.98 Å².